The fourth-order valence-electron chi connectivity index (χ4n) is 2.55. The van der Waals surface area contributed by atoms with Crippen molar-refractivity contribution in [2.45, 2.75) is 41.0 Å². The molecule has 6 N–H and O–H groups in total. The number of aromatic nitrogens is 2. The Balaban J connectivity index is 0.00000106. The van der Waals surface area contributed by atoms with E-state index < -0.39 is 0 Å². The van der Waals surface area contributed by atoms with Crippen LogP contribution in [0.2, 0.25) is 0 Å². The molecule has 1 aromatic carbocycles. The average Bonchev–Trinajstić information content (AvgIpc) is 3.13. The molecule has 1 aromatic heterocycles. The summed E-state index contributed by atoms with van der Waals surface area (Å²) in [6.07, 6.45) is 2.69. The van der Waals surface area contributed by atoms with Crippen molar-refractivity contribution in [1.82, 2.24) is 20.1 Å². The van der Waals surface area contributed by atoms with E-state index in [4.69, 9.17) is 10.9 Å². The normalized spacial score (nSPS) is 12.4. The monoisotopic (exact) mass is 481 g/mol. The summed E-state index contributed by atoms with van der Waals surface area (Å²) in [5.41, 5.74) is 7.40. The molecule has 12 heteroatoms. The molecule has 0 unspecified atom stereocenters. The SMILES string of the molecule is CC.CC=C(C)C.NO.Nc1nonc1C(=O)N1CCCN(C(=O)Nc2ccc(F)cc2)CC1. The van der Waals surface area contributed by atoms with Gasteiger partial charge in [-0.1, -0.05) is 25.5 Å². The Kier molecular flexibility index (Phi) is 15.3. The number of rotatable bonds is 2. The highest BCUT2D eigenvalue weighted by Crippen LogP contribution is 2.13. The lowest BCUT2D eigenvalue weighted by Crippen LogP contribution is -2.39. The van der Waals surface area contributed by atoms with Crippen molar-refractivity contribution in [1.29, 1.82) is 0 Å². The van der Waals surface area contributed by atoms with Crippen LogP contribution < -0.4 is 16.9 Å². The van der Waals surface area contributed by atoms with Crippen molar-refractivity contribution in [3.05, 3.63) is 47.4 Å². The first-order valence-electron chi connectivity index (χ1n) is 10.9. The number of allylic oxidation sites excluding steroid dienone is 2. The highest BCUT2D eigenvalue weighted by molar-refractivity contribution is 5.96. The van der Waals surface area contributed by atoms with E-state index in [1.807, 2.05) is 20.8 Å². The molecule has 0 radical (unpaired) electrons. The predicted octanol–water partition coefficient (Wildman–Crippen LogP) is 3.50. The number of amides is 3. The summed E-state index contributed by atoms with van der Waals surface area (Å²) < 4.78 is 17.4. The predicted molar refractivity (Wildman–Crippen MR) is 129 cm³/mol. The van der Waals surface area contributed by atoms with Gasteiger partial charge in [-0.05, 0) is 61.8 Å². The van der Waals surface area contributed by atoms with Crippen LogP contribution in [0.25, 0.3) is 0 Å². The second kappa shape index (κ2) is 17.0. The lowest BCUT2D eigenvalue weighted by Gasteiger charge is -2.22. The second-order valence-electron chi connectivity index (χ2n) is 6.93. The minimum Gasteiger partial charge on any atom is -0.379 e. The van der Waals surface area contributed by atoms with Crippen LogP contribution in [-0.2, 0) is 0 Å². The van der Waals surface area contributed by atoms with Crippen LogP contribution in [0.5, 0.6) is 0 Å². The molecule has 190 valence electrons. The zero-order valence-electron chi connectivity index (χ0n) is 20.4. The van der Waals surface area contributed by atoms with Gasteiger partial charge in [-0.3, -0.25) is 4.79 Å². The van der Waals surface area contributed by atoms with Crippen LogP contribution >= 0.6 is 0 Å². The fraction of sp³-hybridized carbons (Fsp3) is 0.455. The first-order valence-corrected chi connectivity index (χ1v) is 10.9. The van der Waals surface area contributed by atoms with E-state index in [0.29, 0.717) is 38.3 Å². The number of carbonyl (C=O) groups is 2. The van der Waals surface area contributed by atoms with Gasteiger partial charge in [-0.2, -0.15) is 0 Å². The largest absolute Gasteiger partial charge is 0.379 e. The Morgan fingerprint density at radius 1 is 1.06 bits per heavy atom. The van der Waals surface area contributed by atoms with Gasteiger partial charge in [0.15, 0.2) is 0 Å². The number of nitrogens with one attached hydrogen (secondary N) is 1. The van der Waals surface area contributed by atoms with E-state index in [-0.39, 0.29) is 29.3 Å². The maximum Gasteiger partial charge on any atom is 0.321 e. The maximum atomic E-state index is 12.9. The summed E-state index contributed by atoms with van der Waals surface area (Å²) in [5, 5.41) is 16.1. The van der Waals surface area contributed by atoms with Gasteiger partial charge >= 0.3 is 6.03 Å². The van der Waals surface area contributed by atoms with Gasteiger partial charge in [0, 0.05) is 31.9 Å². The summed E-state index contributed by atoms with van der Waals surface area (Å²) in [6, 6.07) is 5.22. The van der Waals surface area contributed by atoms with Gasteiger partial charge in [-0.15, -0.1) is 0 Å². The van der Waals surface area contributed by atoms with Gasteiger partial charge in [0.25, 0.3) is 5.91 Å². The topological polar surface area (TPSA) is 164 Å². The van der Waals surface area contributed by atoms with Crippen LogP contribution in [0.1, 0.15) is 51.5 Å². The number of nitrogens with zero attached hydrogens (tertiary/aromatic N) is 4. The molecule has 2 aromatic rings. The zero-order chi connectivity index (χ0) is 26.1. The Morgan fingerprint density at radius 3 is 2.09 bits per heavy atom. The molecule has 1 aliphatic rings. The molecule has 1 aliphatic heterocycles. The number of hydrogen-bond acceptors (Lipinski definition) is 8. The molecule has 0 bridgehead atoms. The van der Waals surface area contributed by atoms with Crippen LogP contribution in [0.4, 0.5) is 20.7 Å². The third-order valence-electron chi connectivity index (χ3n) is 4.46. The molecule has 0 aliphatic carbocycles. The number of hydrogen-bond donors (Lipinski definition) is 4. The van der Waals surface area contributed by atoms with Crippen LogP contribution in [0.15, 0.2) is 40.5 Å². The molecule has 1 saturated heterocycles. The van der Waals surface area contributed by atoms with Crippen molar-refractivity contribution >= 4 is 23.4 Å². The van der Waals surface area contributed by atoms with E-state index in [1.54, 1.807) is 9.80 Å². The first-order chi connectivity index (χ1) is 16.3. The second-order valence-corrected chi connectivity index (χ2v) is 6.93. The highest BCUT2D eigenvalue weighted by atomic mass is 19.1. The summed E-state index contributed by atoms with van der Waals surface area (Å²) in [4.78, 5) is 27.8. The lowest BCUT2D eigenvalue weighted by atomic mass is 10.3. The summed E-state index contributed by atoms with van der Waals surface area (Å²) in [7, 11) is 0. The van der Waals surface area contributed by atoms with Crippen molar-refractivity contribution in [3.8, 4) is 0 Å². The molecule has 2 heterocycles. The number of nitrogen functional groups attached to an aromatic ring is 1. The van der Waals surface area contributed by atoms with Gasteiger partial charge in [0.2, 0.25) is 11.5 Å². The molecular formula is C22H36FN7O4. The van der Waals surface area contributed by atoms with Gasteiger partial charge in [0.1, 0.15) is 5.82 Å². The minimum absolute atomic E-state index is 0.0239. The third-order valence-corrected chi connectivity index (χ3v) is 4.46. The smallest absolute Gasteiger partial charge is 0.321 e. The zero-order valence-corrected chi connectivity index (χ0v) is 20.4. The van der Waals surface area contributed by atoms with Crippen molar-refractivity contribution < 1.29 is 23.8 Å². The first kappa shape index (κ1) is 30.5. The molecule has 11 nitrogen and oxygen atoms in total. The van der Waals surface area contributed by atoms with Gasteiger partial charge < -0.3 is 26.1 Å². The van der Waals surface area contributed by atoms with Gasteiger partial charge in [-0.25, -0.2) is 19.7 Å². The minimum atomic E-state index is -0.375. The van der Waals surface area contributed by atoms with E-state index in [1.165, 1.54) is 29.8 Å². The number of nitrogens with two attached hydrogens (primary N) is 2. The van der Waals surface area contributed by atoms with E-state index >= 15 is 0 Å². The number of urea groups is 1. The van der Waals surface area contributed by atoms with Crippen LogP contribution in [-0.4, -0.2) is 63.4 Å². The van der Waals surface area contributed by atoms with Crippen molar-refractivity contribution in [2.75, 3.05) is 37.2 Å². The molecule has 3 amide bonds. The molecule has 0 saturated carbocycles. The maximum absolute atomic E-state index is 12.9. The summed E-state index contributed by atoms with van der Waals surface area (Å²) >= 11 is 0. The van der Waals surface area contributed by atoms with Crippen LogP contribution in [0.3, 0.4) is 0 Å². The molecule has 0 atom stereocenters. The number of anilines is 2. The van der Waals surface area contributed by atoms with E-state index in [9.17, 15) is 14.0 Å². The van der Waals surface area contributed by atoms with Crippen LogP contribution in [0, 0.1) is 5.82 Å². The number of benzene rings is 1. The molecule has 3 rings (SSSR count). The fourth-order valence-corrected chi connectivity index (χ4v) is 2.55. The highest BCUT2D eigenvalue weighted by Gasteiger charge is 2.26. The van der Waals surface area contributed by atoms with Crippen molar-refractivity contribution in [2.24, 2.45) is 5.90 Å². The third kappa shape index (κ3) is 10.4. The standard InChI is InChI=1S/C15H17FN6O3.C5H10.C2H6.H3NO/c16-10-2-4-11(5-3-10)18-15(24)22-7-1-6-21(8-9-22)14(23)12-13(17)20-25-19-12;1-4-5(2)3;2*1-2/h2-5H,1,6-9H2,(H2,17,20)(H,18,24);4H,1-3H3;1-2H3;2H,1H2. The molecule has 1 fully saturated rings. The Hall–Kier alpha value is -3.51. The number of halogens is 1. The molecule has 0 spiro atoms. The Bertz CT molecular complexity index is 884. The Morgan fingerprint density at radius 2 is 1.59 bits per heavy atom. The Labute approximate surface area is 199 Å². The summed E-state index contributed by atoms with van der Waals surface area (Å²) in [6.45, 7) is 11.8. The number of carbonyl (C=O) groups excluding carboxylic acids is 2. The quantitative estimate of drug-likeness (QED) is 0.374. The van der Waals surface area contributed by atoms with Crippen molar-refractivity contribution in [3.63, 3.8) is 0 Å². The summed E-state index contributed by atoms with van der Waals surface area (Å²) in [5.74, 6) is 2.70. The van der Waals surface area contributed by atoms with E-state index in [0.717, 1.165) is 0 Å². The van der Waals surface area contributed by atoms with Gasteiger partial charge in [0.05, 0.1) is 0 Å². The molecule has 34 heavy (non-hydrogen) atoms. The lowest BCUT2D eigenvalue weighted by molar-refractivity contribution is 0.0752. The van der Waals surface area contributed by atoms with E-state index in [2.05, 4.69) is 46.1 Å². The average molecular weight is 482 g/mol. The molecular weight excluding hydrogens is 445 g/mol.